The third-order valence-electron chi connectivity index (χ3n) is 8.11. The van der Waals surface area contributed by atoms with Crippen molar-refractivity contribution in [3.63, 3.8) is 0 Å². The Labute approximate surface area is 240 Å². The van der Waals surface area contributed by atoms with Crippen LogP contribution in [0.2, 0.25) is 0 Å². The SMILES string of the molecule is CCCCCCCCc1ncc(-c2ccc(C(CCCC)CCCOC(=O)N3CCC(C(=O)O)CC3)cc2)cn1. The average molecular weight is 552 g/mol. The lowest BCUT2D eigenvalue weighted by atomic mass is 9.89. The number of hydrogen-bond acceptors (Lipinski definition) is 5. The third kappa shape index (κ3) is 10.5. The lowest BCUT2D eigenvalue weighted by molar-refractivity contribution is -0.143. The fourth-order valence-electron chi connectivity index (χ4n) is 5.46. The van der Waals surface area contributed by atoms with E-state index in [9.17, 15) is 9.59 Å². The zero-order valence-electron chi connectivity index (χ0n) is 24.7. The Morgan fingerprint density at radius 1 is 0.875 bits per heavy atom. The molecule has 1 saturated heterocycles. The van der Waals surface area contributed by atoms with E-state index in [0.717, 1.165) is 55.5 Å². The van der Waals surface area contributed by atoms with E-state index in [2.05, 4.69) is 48.1 Å². The van der Waals surface area contributed by atoms with Crippen LogP contribution >= 0.6 is 0 Å². The number of carboxylic acid groups (broad SMARTS) is 1. The molecule has 1 aromatic carbocycles. The van der Waals surface area contributed by atoms with Gasteiger partial charge in [0.25, 0.3) is 0 Å². The van der Waals surface area contributed by atoms with E-state index < -0.39 is 5.97 Å². The van der Waals surface area contributed by atoms with E-state index in [1.165, 1.54) is 44.1 Å². The molecule has 0 aliphatic carbocycles. The number of aromatic nitrogens is 2. The predicted octanol–water partition coefficient (Wildman–Crippen LogP) is 8.03. The molecule has 7 nitrogen and oxygen atoms in total. The van der Waals surface area contributed by atoms with Crippen molar-refractivity contribution in [1.82, 2.24) is 14.9 Å². The standard InChI is InChI=1S/C33H49N3O4/c1-3-5-7-8-9-10-14-31-34-24-30(25-35-31)28-17-15-27(16-18-28)26(12-6-4-2)13-11-23-40-33(39)36-21-19-29(20-22-36)32(37)38/h15-18,24-26,29H,3-14,19-23H2,1-2H3,(H,37,38). The van der Waals surface area contributed by atoms with Gasteiger partial charge in [-0.3, -0.25) is 4.79 Å². The molecule has 1 aromatic heterocycles. The molecule has 1 amide bonds. The first-order valence-corrected chi connectivity index (χ1v) is 15.6. The zero-order chi connectivity index (χ0) is 28.6. The topological polar surface area (TPSA) is 92.6 Å². The van der Waals surface area contributed by atoms with Crippen LogP contribution in [-0.2, 0) is 16.0 Å². The number of hydrogen-bond donors (Lipinski definition) is 1. The van der Waals surface area contributed by atoms with Gasteiger partial charge in [-0.1, -0.05) is 83.1 Å². The van der Waals surface area contributed by atoms with Crippen molar-refractivity contribution in [3.05, 3.63) is 48.0 Å². The molecular formula is C33H49N3O4. The number of likely N-dealkylation sites (tertiary alicyclic amines) is 1. The Bertz CT molecular complexity index is 1000. The number of carbonyl (C=O) groups is 2. The van der Waals surface area contributed by atoms with E-state index >= 15 is 0 Å². The van der Waals surface area contributed by atoms with Crippen molar-refractivity contribution in [2.75, 3.05) is 19.7 Å². The number of aliphatic carboxylic acids is 1. The highest BCUT2D eigenvalue weighted by molar-refractivity contribution is 5.71. The molecule has 220 valence electrons. The van der Waals surface area contributed by atoms with Crippen molar-refractivity contribution in [2.24, 2.45) is 5.92 Å². The van der Waals surface area contributed by atoms with Gasteiger partial charge in [-0.2, -0.15) is 0 Å². The molecular weight excluding hydrogens is 502 g/mol. The Hall–Kier alpha value is -2.96. The number of benzene rings is 1. The second kappa shape index (κ2) is 17.7. The zero-order valence-corrected chi connectivity index (χ0v) is 24.7. The smallest absolute Gasteiger partial charge is 0.409 e. The number of carboxylic acids is 1. The van der Waals surface area contributed by atoms with E-state index in [0.29, 0.717) is 38.5 Å². The minimum atomic E-state index is -0.774. The number of aryl methyl sites for hydroxylation is 1. The number of amides is 1. The summed E-state index contributed by atoms with van der Waals surface area (Å²) < 4.78 is 5.53. The molecule has 0 spiro atoms. The number of carbonyl (C=O) groups excluding carboxylic acids is 1. The van der Waals surface area contributed by atoms with Crippen LogP contribution in [-0.4, -0.2) is 51.7 Å². The quantitative estimate of drug-likeness (QED) is 0.200. The van der Waals surface area contributed by atoms with Gasteiger partial charge in [0, 0.05) is 37.5 Å². The van der Waals surface area contributed by atoms with Crippen LogP contribution in [0, 0.1) is 5.92 Å². The van der Waals surface area contributed by atoms with Crippen LogP contribution in [0.4, 0.5) is 4.79 Å². The third-order valence-corrected chi connectivity index (χ3v) is 8.11. The maximum atomic E-state index is 12.4. The van der Waals surface area contributed by atoms with Crippen LogP contribution in [0.25, 0.3) is 11.1 Å². The maximum Gasteiger partial charge on any atom is 0.409 e. The largest absolute Gasteiger partial charge is 0.481 e. The summed E-state index contributed by atoms with van der Waals surface area (Å²) in [6, 6.07) is 8.78. The Kier molecular flexibility index (Phi) is 13.9. The molecule has 40 heavy (non-hydrogen) atoms. The first-order chi connectivity index (χ1) is 19.5. The van der Waals surface area contributed by atoms with Gasteiger partial charge in [0.05, 0.1) is 12.5 Å². The molecule has 1 atom stereocenters. The molecule has 7 heteroatoms. The molecule has 0 saturated carbocycles. The fraction of sp³-hybridized carbons (Fsp3) is 0.636. The van der Waals surface area contributed by atoms with Gasteiger partial charge in [0.15, 0.2) is 0 Å². The first-order valence-electron chi connectivity index (χ1n) is 15.6. The fourth-order valence-corrected chi connectivity index (χ4v) is 5.46. The van der Waals surface area contributed by atoms with Gasteiger partial charge in [0.2, 0.25) is 0 Å². The first kappa shape index (κ1) is 31.6. The van der Waals surface area contributed by atoms with Gasteiger partial charge < -0.3 is 14.7 Å². The van der Waals surface area contributed by atoms with Crippen molar-refractivity contribution in [2.45, 2.75) is 110 Å². The van der Waals surface area contributed by atoms with Gasteiger partial charge in [0.1, 0.15) is 5.82 Å². The molecule has 2 heterocycles. The lowest BCUT2D eigenvalue weighted by Gasteiger charge is -2.29. The molecule has 1 N–H and O–H groups in total. The highest BCUT2D eigenvalue weighted by atomic mass is 16.6. The van der Waals surface area contributed by atoms with Crippen molar-refractivity contribution < 1.29 is 19.4 Å². The summed E-state index contributed by atoms with van der Waals surface area (Å²) in [7, 11) is 0. The molecule has 1 aliphatic rings. The number of piperidine rings is 1. The van der Waals surface area contributed by atoms with Crippen LogP contribution in [0.3, 0.4) is 0 Å². The van der Waals surface area contributed by atoms with E-state index in [-0.39, 0.29) is 12.0 Å². The summed E-state index contributed by atoms with van der Waals surface area (Å²) in [6.45, 7) is 5.75. The molecule has 1 aliphatic heterocycles. The van der Waals surface area contributed by atoms with E-state index in [1.54, 1.807) is 4.90 Å². The minimum absolute atomic E-state index is 0.321. The lowest BCUT2D eigenvalue weighted by Crippen LogP contribution is -2.40. The highest BCUT2D eigenvalue weighted by Gasteiger charge is 2.27. The van der Waals surface area contributed by atoms with Crippen molar-refractivity contribution >= 4 is 12.1 Å². The van der Waals surface area contributed by atoms with Crippen LogP contribution in [0.5, 0.6) is 0 Å². The van der Waals surface area contributed by atoms with Crippen LogP contribution in [0.15, 0.2) is 36.7 Å². The Morgan fingerprint density at radius 3 is 2.15 bits per heavy atom. The van der Waals surface area contributed by atoms with E-state index in [1.807, 2.05) is 12.4 Å². The molecule has 2 aromatic rings. The summed E-state index contributed by atoms with van der Waals surface area (Å²) in [4.78, 5) is 34.4. The molecule has 3 rings (SSSR count). The summed E-state index contributed by atoms with van der Waals surface area (Å²) in [5, 5.41) is 9.14. The maximum absolute atomic E-state index is 12.4. The second-order valence-corrected chi connectivity index (χ2v) is 11.2. The highest BCUT2D eigenvalue weighted by Crippen LogP contribution is 2.29. The Balaban J connectivity index is 1.45. The minimum Gasteiger partial charge on any atom is -0.481 e. The predicted molar refractivity (Wildman–Crippen MR) is 159 cm³/mol. The van der Waals surface area contributed by atoms with Crippen molar-refractivity contribution in [1.29, 1.82) is 0 Å². The summed E-state index contributed by atoms with van der Waals surface area (Å²) in [5.74, 6) is 0.233. The average Bonchev–Trinajstić information content (AvgIpc) is 2.99. The number of ether oxygens (including phenoxy) is 1. The molecule has 1 fully saturated rings. The van der Waals surface area contributed by atoms with Crippen LogP contribution < -0.4 is 0 Å². The number of rotatable bonds is 17. The summed E-state index contributed by atoms with van der Waals surface area (Å²) in [6.07, 6.45) is 18.4. The van der Waals surface area contributed by atoms with Gasteiger partial charge >= 0.3 is 12.1 Å². The number of nitrogens with zero attached hydrogens (tertiary/aromatic N) is 3. The Morgan fingerprint density at radius 2 is 1.50 bits per heavy atom. The monoisotopic (exact) mass is 551 g/mol. The van der Waals surface area contributed by atoms with Crippen molar-refractivity contribution in [3.8, 4) is 11.1 Å². The normalized spacial score (nSPS) is 14.7. The molecule has 0 radical (unpaired) electrons. The molecule has 1 unspecified atom stereocenters. The van der Waals surface area contributed by atoms with E-state index in [4.69, 9.17) is 9.84 Å². The van der Waals surface area contributed by atoms with Gasteiger partial charge in [-0.05, 0) is 55.6 Å². The molecule has 0 bridgehead atoms. The van der Waals surface area contributed by atoms with Crippen LogP contribution in [0.1, 0.15) is 115 Å². The summed E-state index contributed by atoms with van der Waals surface area (Å²) in [5.41, 5.74) is 3.49. The second-order valence-electron chi connectivity index (χ2n) is 11.2. The summed E-state index contributed by atoms with van der Waals surface area (Å²) >= 11 is 0. The van der Waals surface area contributed by atoms with Gasteiger partial charge in [-0.25, -0.2) is 14.8 Å². The number of unbranched alkanes of at least 4 members (excludes halogenated alkanes) is 6. The van der Waals surface area contributed by atoms with Gasteiger partial charge in [-0.15, -0.1) is 0 Å².